The molecule has 0 amide bonds. The first-order chi connectivity index (χ1) is 9.35. The molecule has 8 heteroatoms. The third-order valence-electron chi connectivity index (χ3n) is 3.48. The van der Waals surface area contributed by atoms with Crippen LogP contribution in [0.5, 0.6) is 0 Å². The highest BCUT2D eigenvalue weighted by Gasteiger charge is 2.20. The first-order valence-corrected chi connectivity index (χ1v) is 6.51. The molecule has 1 saturated heterocycles. The maximum atomic E-state index is 4.51. The van der Waals surface area contributed by atoms with Gasteiger partial charge in [-0.25, -0.2) is 9.67 Å². The second kappa shape index (κ2) is 5.35. The molecule has 1 fully saturated rings. The van der Waals surface area contributed by atoms with Gasteiger partial charge in [-0.2, -0.15) is 10.1 Å². The fourth-order valence-corrected chi connectivity index (χ4v) is 2.33. The van der Waals surface area contributed by atoms with E-state index in [1.165, 1.54) is 6.33 Å². The van der Waals surface area contributed by atoms with Crippen LogP contribution in [-0.2, 0) is 6.54 Å². The molecule has 2 N–H and O–H groups in total. The Morgan fingerprint density at radius 1 is 1.42 bits per heavy atom. The van der Waals surface area contributed by atoms with Gasteiger partial charge in [-0.1, -0.05) is 0 Å². The lowest BCUT2D eigenvalue weighted by molar-refractivity contribution is 0.439. The van der Waals surface area contributed by atoms with Crippen LogP contribution >= 0.6 is 0 Å². The van der Waals surface area contributed by atoms with Crippen molar-refractivity contribution < 1.29 is 0 Å². The molecule has 2 aromatic heterocycles. The molecule has 3 heterocycles. The fourth-order valence-electron chi connectivity index (χ4n) is 2.33. The van der Waals surface area contributed by atoms with Gasteiger partial charge in [-0.15, -0.1) is 5.10 Å². The van der Waals surface area contributed by atoms with E-state index in [2.05, 4.69) is 35.5 Å². The predicted octanol–water partition coefficient (Wildman–Crippen LogP) is -0.367. The van der Waals surface area contributed by atoms with Crippen LogP contribution in [0.4, 0.5) is 5.95 Å². The SMILES string of the molecule is CNC1CCN(c2n[nH]c(Cn3cncn3)n2)CC1. The molecule has 0 bridgehead atoms. The number of H-pyrrole nitrogens is 1. The molecule has 0 aliphatic carbocycles. The molecule has 0 atom stereocenters. The van der Waals surface area contributed by atoms with Gasteiger partial charge in [0.15, 0.2) is 0 Å². The molecule has 1 aliphatic heterocycles. The lowest BCUT2D eigenvalue weighted by Gasteiger charge is -2.30. The summed E-state index contributed by atoms with van der Waals surface area (Å²) in [6.45, 7) is 2.55. The zero-order valence-corrected chi connectivity index (χ0v) is 11.0. The van der Waals surface area contributed by atoms with E-state index in [0.717, 1.165) is 37.7 Å². The summed E-state index contributed by atoms with van der Waals surface area (Å²) in [5.74, 6) is 1.58. The van der Waals surface area contributed by atoms with E-state index in [4.69, 9.17) is 0 Å². The number of rotatable bonds is 4. The van der Waals surface area contributed by atoms with E-state index in [9.17, 15) is 0 Å². The summed E-state index contributed by atoms with van der Waals surface area (Å²) in [7, 11) is 2.02. The van der Waals surface area contributed by atoms with Crippen molar-refractivity contribution in [1.29, 1.82) is 0 Å². The van der Waals surface area contributed by atoms with Crippen molar-refractivity contribution in [1.82, 2.24) is 35.3 Å². The number of hydrogen-bond acceptors (Lipinski definition) is 6. The molecular weight excluding hydrogens is 244 g/mol. The maximum Gasteiger partial charge on any atom is 0.244 e. The van der Waals surface area contributed by atoms with Gasteiger partial charge in [0.05, 0.1) is 0 Å². The van der Waals surface area contributed by atoms with E-state index in [1.54, 1.807) is 11.0 Å². The third kappa shape index (κ3) is 2.73. The first-order valence-electron chi connectivity index (χ1n) is 6.51. The van der Waals surface area contributed by atoms with Crippen LogP contribution in [0.1, 0.15) is 18.7 Å². The van der Waals surface area contributed by atoms with Gasteiger partial charge in [0.1, 0.15) is 25.0 Å². The Balaban J connectivity index is 1.62. The number of piperidine rings is 1. The van der Waals surface area contributed by atoms with Gasteiger partial charge in [-0.05, 0) is 19.9 Å². The summed E-state index contributed by atoms with van der Waals surface area (Å²) in [6, 6.07) is 0.616. The standard InChI is InChI=1S/C11H18N8/c1-12-9-2-4-18(5-3-9)11-15-10(16-17-11)6-19-8-13-7-14-19/h7-9,12H,2-6H2,1H3,(H,15,16,17). The van der Waals surface area contributed by atoms with Crippen LogP contribution in [0.15, 0.2) is 12.7 Å². The normalized spacial score (nSPS) is 17.0. The minimum absolute atomic E-state index is 0.569. The molecule has 3 rings (SSSR count). The molecule has 8 nitrogen and oxygen atoms in total. The van der Waals surface area contributed by atoms with Crippen LogP contribution in [0.2, 0.25) is 0 Å². The molecule has 0 saturated carbocycles. The van der Waals surface area contributed by atoms with E-state index in [0.29, 0.717) is 12.6 Å². The third-order valence-corrected chi connectivity index (χ3v) is 3.48. The number of anilines is 1. The Kier molecular flexibility index (Phi) is 3.41. The number of nitrogens with one attached hydrogen (secondary N) is 2. The Morgan fingerprint density at radius 2 is 2.26 bits per heavy atom. The summed E-state index contributed by atoms with van der Waals surface area (Å²) >= 11 is 0. The van der Waals surface area contributed by atoms with Crippen molar-refractivity contribution in [3.63, 3.8) is 0 Å². The second-order valence-corrected chi connectivity index (χ2v) is 4.73. The average Bonchev–Trinajstić information content (AvgIpc) is 3.11. The van der Waals surface area contributed by atoms with Crippen LogP contribution < -0.4 is 10.2 Å². The quantitative estimate of drug-likeness (QED) is 0.782. The van der Waals surface area contributed by atoms with Crippen molar-refractivity contribution in [2.75, 3.05) is 25.0 Å². The summed E-state index contributed by atoms with van der Waals surface area (Å²) in [4.78, 5) is 10.6. The van der Waals surface area contributed by atoms with E-state index >= 15 is 0 Å². The van der Waals surface area contributed by atoms with Crippen molar-refractivity contribution in [2.24, 2.45) is 0 Å². The van der Waals surface area contributed by atoms with Crippen LogP contribution in [0.3, 0.4) is 0 Å². The lowest BCUT2D eigenvalue weighted by Crippen LogP contribution is -2.41. The van der Waals surface area contributed by atoms with Crippen molar-refractivity contribution in [3.8, 4) is 0 Å². The largest absolute Gasteiger partial charge is 0.339 e. The molecule has 102 valence electrons. The summed E-state index contributed by atoms with van der Waals surface area (Å²) < 4.78 is 1.72. The molecule has 1 aliphatic rings. The minimum atomic E-state index is 0.569. The summed E-state index contributed by atoms with van der Waals surface area (Å²) in [5.41, 5.74) is 0. The van der Waals surface area contributed by atoms with Crippen molar-refractivity contribution >= 4 is 5.95 Å². The molecule has 0 unspecified atom stereocenters. The highest BCUT2D eigenvalue weighted by atomic mass is 15.4. The molecule has 0 radical (unpaired) electrons. The van der Waals surface area contributed by atoms with Gasteiger partial charge < -0.3 is 10.2 Å². The van der Waals surface area contributed by atoms with Crippen molar-refractivity contribution in [3.05, 3.63) is 18.5 Å². The number of aromatic nitrogens is 6. The minimum Gasteiger partial charge on any atom is -0.339 e. The molecule has 2 aromatic rings. The lowest BCUT2D eigenvalue weighted by atomic mass is 10.1. The maximum absolute atomic E-state index is 4.51. The topological polar surface area (TPSA) is 87.5 Å². The number of hydrogen-bond donors (Lipinski definition) is 2. The first kappa shape index (κ1) is 12.1. The van der Waals surface area contributed by atoms with Gasteiger partial charge in [0.2, 0.25) is 5.95 Å². The van der Waals surface area contributed by atoms with Gasteiger partial charge >= 0.3 is 0 Å². The molecule has 0 spiro atoms. The Bertz CT molecular complexity index is 497. The highest BCUT2D eigenvalue weighted by Crippen LogP contribution is 2.15. The Labute approximate surface area is 111 Å². The Morgan fingerprint density at radius 3 is 2.95 bits per heavy atom. The molecular formula is C11H18N8. The second-order valence-electron chi connectivity index (χ2n) is 4.73. The monoisotopic (exact) mass is 262 g/mol. The summed E-state index contributed by atoms with van der Waals surface area (Å²) in [6.07, 6.45) is 5.44. The molecule has 19 heavy (non-hydrogen) atoms. The van der Waals surface area contributed by atoms with Crippen LogP contribution in [-0.4, -0.2) is 56.1 Å². The number of aromatic amines is 1. The average molecular weight is 262 g/mol. The van der Waals surface area contributed by atoms with E-state index in [-0.39, 0.29) is 0 Å². The predicted molar refractivity (Wildman–Crippen MR) is 69.8 cm³/mol. The van der Waals surface area contributed by atoms with Gasteiger partial charge in [0, 0.05) is 19.1 Å². The zero-order chi connectivity index (χ0) is 13.1. The van der Waals surface area contributed by atoms with E-state index < -0.39 is 0 Å². The summed E-state index contributed by atoms with van der Waals surface area (Å²) in [5, 5.41) is 14.6. The van der Waals surface area contributed by atoms with Crippen molar-refractivity contribution in [2.45, 2.75) is 25.4 Å². The number of nitrogens with zero attached hydrogens (tertiary/aromatic N) is 6. The zero-order valence-electron chi connectivity index (χ0n) is 11.0. The fraction of sp³-hybridized carbons (Fsp3) is 0.636. The smallest absolute Gasteiger partial charge is 0.244 e. The van der Waals surface area contributed by atoms with Gasteiger partial charge in [0.25, 0.3) is 0 Å². The highest BCUT2D eigenvalue weighted by molar-refractivity contribution is 5.29. The van der Waals surface area contributed by atoms with Crippen LogP contribution in [0.25, 0.3) is 0 Å². The molecule has 0 aromatic carbocycles. The van der Waals surface area contributed by atoms with Gasteiger partial charge in [-0.3, -0.25) is 5.10 Å². The van der Waals surface area contributed by atoms with Crippen LogP contribution in [0, 0.1) is 0 Å². The van der Waals surface area contributed by atoms with E-state index in [1.807, 2.05) is 7.05 Å². The Hall–Kier alpha value is -1.96.